The quantitative estimate of drug-likeness (QED) is 0.808. The fourth-order valence-electron chi connectivity index (χ4n) is 3.23. The first-order chi connectivity index (χ1) is 12.7. The van der Waals surface area contributed by atoms with E-state index in [0.717, 1.165) is 22.3 Å². The van der Waals surface area contributed by atoms with E-state index in [9.17, 15) is 0 Å². The summed E-state index contributed by atoms with van der Waals surface area (Å²) in [6.07, 6.45) is 0. The van der Waals surface area contributed by atoms with Crippen LogP contribution in [0.15, 0.2) is 81.8 Å². The third kappa shape index (κ3) is 3.27. The van der Waals surface area contributed by atoms with Crippen LogP contribution < -0.4 is 0 Å². The van der Waals surface area contributed by atoms with Gasteiger partial charge in [-0.25, -0.2) is 9.98 Å². The van der Waals surface area contributed by atoms with Crippen LogP contribution in [-0.2, 0) is 9.47 Å². The minimum absolute atomic E-state index is 0.0208. The zero-order chi connectivity index (χ0) is 17.9. The van der Waals surface area contributed by atoms with Crippen molar-refractivity contribution in [3.63, 3.8) is 0 Å². The van der Waals surface area contributed by atoms with Gasteiger partial charge in [0, 0.05) is 0 Å². The predicted octanol–water partition coefficient (Wildman–Crippen LogP) is 4.66. The smallest absolute Gasteiger partial charge is 0.222 e. The molecule has 0 aliphatic carbocycles. The molecule has 2 aliphatic rings. The molecule has 2 heterocycles. The van der Waals surface area contributed by atoms with E-state index in [1.54, 1.807) is 0 Å². The van der Waals surface area contributed by atoms with Crippen molar-refractivity contribution in [2.45, 2.75) is 25.9 Å². The van der Waals surface area contributed by atoms with Gasteiger partial charge in [0.2, 0.25) is 11.8 Å². The Morgan fingerprint density at radius 2 is 1.15 bits per heavy atom. The maximum atomic E-state index is 5.93. The zero-order valence-corrected chi connectivity index (χ0v) is 15.1. The fraction of sp³-hybridized carbons (Fsp3) is 0.273. The van der Waals surface area contributed by atoms with E-state index >= 15 is 0 Å². The number of hydrogen-bond donors (Lipinski definition) is 0. The number of hydrogen-bond acceptors (Lipinski definition) is 4. The molecule has 2 aliphatic heterocycles. The van der Waals surface area contributed by atoms with Crippen LogP contribution in [0, 0.1) is 0 Å². The maximum absolute atomic E-state index is 5.93. The van der Waals surface area contributed by atoms with Crippen LogP contribution in [-0.4, -0.2) is 25.0 Å². The van der Waals surface area contributed by atoms with Crippen LogP contribution in [0.5, 0.6) is 0 Å². The Hall–Kier alpha value is -2.88. The van der Waals surface area contributed by atoms with Crippen LogP contribution in [0.2, 0.25) is 0 Å². The second-order valence-electron chi connectivity index (χ2n) is 6.72. The summed E-state index contributed by atoms with van der Waals surface area (Å²) in [6, 6.07) is 20.5. The first kappa shape index (κ1) is 16.6. The highest BCUT2D eigenvalue weighted by Gasteiger charge is 2.31. The van der Waals surface area contributed by atoms with E-state index < -0.39 is 0 Å². The molecule has 0 saturated heterocycles. The summed E-state index contributed by atoms with van der Waals surface area (Å²) in [5.41, 5.74) is 4.28. The highest BCUT2D eigenvalue weighted by molar-refractivity contribution is 6.19. The average Bonchev–Trinajstić information content (AvgIpc) is 3.34. The van der Waals surface area contributed by atoms with Crippen LogP contribution in [0.1, 0.15) is 37.1 Å². The van der Waals surface area contributed by atoms with Gasteiger partial charge >= 0.3 is 0 Å². The third-order valence-electron chi connectivity index (χ3n) is 4.60. The SMILES string of the molecule is CC(C)=C(C1=N[C@@H](c2ccccc2)CO1)C1=N[C@@H](c2ccccc2)CO1. The van der Waals surface area contributed by atoms with Crippen molar-refractivity contribution >= 4 is 11.8 Å². The minimum atomic E-state index is 0.0208. The molecule has 0 unspecified atom stereocenters. The van der Waals surface area contributed by atoms with Crippen molar-refractivity contribution in [3.8, 4) is 0 Å². The monoisotopic (exact) mass is 346 g/mol. The third-order valence-corrected chi connectivity index (χ3v) is 4.60. The lowest BCUT2D eigenvalue weighted by molar-refractivity contribution is 0.309. The topological polar surface area (TPSA) is 43.2 Å². The zero-order valence-electron chi connectivity index (χ0n) is 15.1. The molecule has 4 rings (SSSR count). The molecule has 4 nitrogen and oxygen atoms in total. The molecule has 0 bridgehead atoms. The molecule has 0 radical (unpaired) electrons. The van der Waals surface area contributed by atoms with E-state index in [2.05, 4.69) is 24.3 Å². The molecular formula is C22H22N2O2. The van der Waals surface area contributed by atoms with Crippen molar-refractivity contribution in [2.24, 2.45) is 9.98 Å². The summed E-state index contributed by atoms with van der Waals surface area (Å²) >= 11 is 0. The predicted molar refractivity (Wildman–Crippen MR) is 104 cm³/mol. The molecule has 0 fully saturated rings. The number of rotatable bonds is 4. The maximum Gasteiger partial charge on any atom is 0.222 e. The summed E-state index contributed by atoms with van der Waals surface area (Å²) in [4.78, 5) is 9.60. The fourth-order valence-corrected chi connectivity index (χ4v) is 3.23. The molecule has 0 saturated carbocycles. The lowest BCUT2D eigenvalue weighted by Crippen LogP contribution is -2.15. The molecule has 2 atom stereocenters. The van der Waals surface area contributed by atoms with Crippen molar-refractivity contribution < 1.29 is 9.47 Å². The molecule has 0 N–H and O–H groups in total. The largest absolute Gasteiger partial charge is 0.475 e. The Morgan fingerprint density at radius 3 is 1.54 bits per heavy atom. The first-order valence-electron chi connectivity index (χ1n) is 8.91. The standard InChI is InChI=1S/C22H22N2O2/c1-15(2)20(21-23-18(13-25-21)16-9-5-3-6-10-16)22-24-19(14-26-22)17-11-7-4-8-12-17/h3-12,18-19H,13-14H2,1-2H3/t18-,19-/m1/s1. The molecule has 0 spiro atoms. The molecule has 132 valence electrons. The Balaban J connectivity index is 1.61. The van der Waals surface area contributed by atoms with Gasteiger partial charge in [-0.1, -0.05) is 66.2 Å². The van der Waals surface area contributed by atoms with E-state index in [-0.39, 0.29) is 12.1 Å². The van der Waals surface area contributed by atoms with Gasteiger partial charge in [0.1, 0.15) is 25.3 Å². The van der Waals surface area contributed by atoms with E-state index in [4.69, 9.17) is 19.5 Å². The van der Waals surface area contributed by atoms with Gasteiger partial charge in [-0.3, -0.25) is 0 Å². The number of ether oxygens (including phenoxy) is 2. The number of allylic oxidation sites excluding steroid dienone is 1. The molecule has 26 heavy (non-hydrogen) atoms. The van der Waals surface area contributed by atoms with Gasteiger partial charge in [-0.05, 0) is 25.0 Å². The van der Waals surface area contributed by atoms with Crippen molar-refractivity contribution in [1.29, 1.82) is 0 Å². The van der Waals surface area contributed by atoms with E-state index in [1.165, 1.54) is 0 Å². The second kappa shape index (κ2) is 7.16. The Kier molecular flexibility index (Phi) is 4.57. The normalized spacial score (nSPS) is 21.5. The average molecular weight is 346 g/mol. The molecule has 2 aromatic carbocycles. The van der Waals surface area contributed by atoms with Crippen molar-refractivity contribution in [2.75, 3.05) is 13.2 Å². The Labute approximate surface area is 153 Å². The molecule has 4 heteroatoms. The molecule has 0 aromatic heterocycles. The van der Waals surface area contributed by atoms with Gasteiger partial charge in [0.25, 0.3) is 0 Å². The summed E-state index contributed by atoms with van der Waals surface area (Å²) < 4.78 is 11.9. The lowest BCUT2D eigenvalue weighted by Gasteiger charge is -2.08. The van der Waals surface area contributed by atoms with Crippen LogP contribution in [0.3, 0.4) is 0 Å². The summed E-state index contributed by atoms with van der Waals surface area (Å²) in [7, 11) is 0. The Bertz CT molecular complexity index is 798. The minimum Gasteiger partial charge on any atom is -0.475 e. The second-order valence-corrected chi connectivity index (χ2v) is 6.72. The van der Waals surface area contributed by atoms with Gasteiger partial charge in [0.15, 0.2) is 0 Å². The van der Waals surface area contributed by atoms with E-state index in [0.29, 0.717) is 25.0 Å². The molecular weight excluding hydrogens is 324 g/mol. The van der Waals surface area contributed by atoms with Crippen LogP contribution in [0.4, 0.5) is 0 Å². The van der Waals surface area contributed by atoms with Crippen molar-refractivity contribution in [1.82, 2.24) is 0 Å². The summed E-state index contributed by atoms with van der Waals surface area (Å²) in [5.74, 6) is 1.26. The highest BCUT2D eigenvalue weighted by atomic mass is 16.5. The van der Waals surface area contributed by atoms with E-state index in [1.807, 2.05) is 50.2 Å². The summed E-state index contributed by atoms with van der Waals surface area (Å²) in [5, 5.41) is 0. The van der Waals surface area contributed by atoms with Crippen LogP contribution >= 0.6 is 0 Å². The van der Waals surface area contributed by atoms with Crippen molar-refractivity contribution in [3.05, 3.63) is 82.9 Å². The highest BCUT2D eigenvalue weighted by Crippen LogP contribution is 2.30. The van der Waals surface area contributed by atoms with Gasteiger partial charge in [0.05, 0.1) is 5.57 Å². The lowest BCUT2D eigenvalue weighted by atomic mass is 10.1. The first-order valence-corrected chi connectivity index (χ1v) is 8.91. The number of benzene rings is 2. The van der Waals surface area contributed by atoms with Gasteiger partial charge in [-0.2, -0.15) is 0 Å². The number of nitrogens with zero attached hydrogens (tertiary/aromatic N) is 2. The summed E-state index contributed by atoms with van der Waals surface area (Å²) in [6.45, 7) is 5.18. The Morgan fingerprint density at radius 1 is 0.731 bits per heavy atom. The van der Waals surface area contributed by atoms with Gasteiger partial charge in [-0.15, -0.1) is 0 Å². The molecule has 0 amide bonds. The molecule has 2 aromatic rings. The van der Waals surface area contributed by atoms with Crippen LogP contribution in [0.25, 0.3) is 0 Å². The van der Waals surface area contributed by atoms with Gasteiger partial charge < -0.3 is 9.47 Å². The number of aliphatic imine (C=N–C) groups is 2.